The number of ether oxygens (including phenoxy) is 1. The molecule has 106 valence electrons. The number of anilines is 1. The summed E-state index contributed by atoms with van der Waals surface area (Å²) in [4.78, 5) is 13.3. The van der Waals surface area contributed by atoms with Gasteiger partial charge in [0.2, 0.25) is 0 Å². The molecule has 0 saturated heterocycles. The minimum atomic E-state index is -4.38. The third kappa shape index (κ3) is 3.70. The molecule has 1 atom stereocenters. The summed E-state index contributed by atoms with van der Waals surface area (Å²) in [5.41, 5.74) is -0.316. The molecule has 0 aliphatic carbocycles. The van der Waals surface area contributed by atoms with E-state index in [9.17, 15) is 18.0 Å². The van der Waals surface area contributed by atoms with Crippen LogP contribution in [0.3, 0.4) is 0 Å². The topological polar surface area (TPSA) is 29.5 Å². The maximum Gasteiger partial charge on any atom is 0.416 e. The van der Waals surface area contributed by atoms with Gasteiger partial charge in [-0.1, -0.05) is 0 Å². The van der Waals surface area contributed by atoms with Crippen molar-refractivity contribution in [2.45, 2.75) is 26.1 Å². The Morgan fingerprint density at radius 2 is 1.84 bits per heavy atom. The smallest absolute Gasteiger partial charge is 0.372 e. The molecule has 0 saturated carbocycles. The van der Waals surface area contributed by atoms with Crippen LogP contribution in [0.1, 0.15) is 19.4 Å². The molecule has 0 radical (unpaired) electrons. The van der Waals surface area contributed by atoms with Gasteiger partial charge in [-0.2, -0.15) is 13.2 Å². The van der Waals surface area contributed by atoms with E-state index >= 15 is 0 Å². The Kier molecular flexibility index (Phi) is 4.94. The van der Waals surface area contributed by atoms with Gasteiger partial charge in [0.1, 0.15) is 6.10 Å². The van der Waals surface area contributed by atoms with E-state index in [0.717, 1.165) is 12.1 Å². The van der Waals surface area contributed by atoms with Crippen molar-refractivity contribution in [1.82, 2.24) is 0 Å². The van der Waals surface area contributed by atoms with Crippen molar-refractivity contribution in [3.05, 3.63) is 29.8 Å². The molecule has 0 heterocycles. The highest BCUT2D eigenvalue weighted by atomic mass is 19.4. The maximum absolute atomic E-state index is 12.4. The molecule has 1 aromatic rings. The number of carbonyl (C=O) groups excluding carboxylic acids is 1. The highest BCUT2D eigenvalue weighted by Crippen LogP contribution is 2.30. The molecule has 6 heteroatoms. The zero-order chi connectivity index (χ0) is 14.6. The van der Waals surface area contributed by atoms with Gasteiger partial charge in [0.25, 0.3) is 5.91 Å². The Balaban J connectivity index is 2.98. The molecule has 1 aromatic carbocycles. The van der Waals surface area contributed by atoms with Crippen molar-refractivity contribution < 1.29 is 22.7 Å². The van der Waals surface area contributed by atoms with Gasteiger partial charge in [0.05, 0.1) is 5.56 Å². The monoisotopic (exact) mass is 275 g/mol. The predicted molar refractivity (Wildman–Crippen MR) is 65.9 cm³/mol. The van der Waals surface area contributed by atoms with Crippen LogP contribution in [0.25, 0.3) is 0 Å². The summed E-state index contributed by atoms with van der Waals surface area (Å²) in [7, 11) is 1.41. The molecule has 19 heavy (non-hydrogen) atoms. The fourth-order valence-corrected chi connectivity index (χ4v) is 1.62. The van der Waals surface area contributed by atoms with Crippen LogP contribution in [0.15, 0.2) is 24.3 Å². The van der Waals surface area contributed by atoms with Crippen LogP contribution in [0.2, 0.25) is 0 Å². The highest BCUT2D eigenvalue weighted by molar-refractivity contribution is 5.96. The van der Waals surface area contributed by atoms with Gasteiger partial charge in [0, 0.05) is 19.3 Å². The van der Waals surface area contributed by atoms with E-state index in [2.05, 4.69) is 0 Å². The van der Waals surface area contributed by atoms with E-state index in [1.54, 1.807) is 13.8 Å². The molecular formula is C13H16F3NO2. The van der Waals surface area contributed by atoms with Gasteiger partial charge in [-0.3, -0.25) is 4.79 Å². The fourth-order valence-electron chi connectivity index (χ4n) is 1.62. The third-order valence-electron chi connectivity index (χ3n) is 2.79. The molecular weight excluding hydrogens is 259 g/mol. The predicted octanol–water partition coefficient (Wildman–Crippen LogP) is 3.09. The average Bonchev–Trinajstić information content (AvgIpc) is 2.38. The van der Waals surface area contributed by atoms with E-state index < -0.39 is 17.8 Å². The molecule has 1 rings (SSSR count). The number of halogens is 3. The number of methoxy groups -OCH3 is 1. The normalized spacial score (nSPS) is 13.2. The molecule has 0 N–H and O–H groups in total. The van der Waals surface area contributed by atoms with Gasteiger partial charge in [-0.05, 0) is 38.1 Å². The Hall–Kier alpha value is -1.56. The quantitative estimate of drug-likeness (QED) is 0.845. The molecule has 0 aromatic heterocycles. The van der Waals surface area contributed by atoms with Crippen molar-refractivity contribution in [3.63, 3.8) is 0 Å². The minimum absolute atomic E-state index is 0.287. The molecule has 0 aliphatic heterocycles. The average molecular weight is 275 g/mol. The van der Waals surface area contributed by atoms with Gasteiger partial charge >= 0.3 is 6.18 Å². The van der Waals surface area contributed by atoms with E-state index in [0.29, 0.717) is 12.2 Å². The maximum atomic E-state index is 12.4. The Morgan fingerprint density at radius 1 is 1.32 bits per heavy atom. The number of hydrogen-bond donors (Lipinski definition) is 0. The van der Waals surface area contributed by atoms with Crippen molar-refractivity contribution in [3.8, 4) is 0 Å². The zero-order valence-corrected chi connectivity index (χ0v) is 11.0. The molecule has 0 bridgehead atoms. The van der Waals surface area contributed by atoms with Crippen molar-refractivity contribution in [1.29, 1.82) is 0 Å². The number of rotatable bonds is 4. The first kappa shape index (κ1) is 15.5. The number of amides is 1. The number of benzene rings is 1. The summed E-state index contributed by atoms with van der Waals surface area (Å²) in [5, 5.41) is 0. The molecule has 3 nitrogen and oxygen atoms in total. The highest BCUT2D eigenvalue weighted by Gasteiger charge is 2.30. The van der Waals surface area contributed by atoms with Crippen LogP contribution in [-0.4, -0.2) is 25.7 Å². The lowest BCUT2D eigenvalue weighted by molar-refractivity contribution is -0.137. The van der Waals surface area contributed by atoms with Crippen LogP contribution in [0, 0.1) is 0 Å². The first-order chi connectivity index (χ1) is 8.81. The Morgan fingerprint density at radius 3 is 2.21 bits per heavy atom. The lowest BCUT2D eigenvalue weighted by Gasteiger charge is -2.24. The number of hydrogen-bond acceptors (Lipinski definition) is 2. The summed E-state index contributed by atoms with van der Waals surface area (Å²) in [6, 6.07) is 4.49. The summed E-state index contributed by atoms with van der Waals surface area (Å²) in [6.07, 6.45) is -5.01. The minimum Gasteiger partial charge on any atom is -0.372 e. The second kappa shape index (κ2) is 6.06. The van der Waals surface area contributed by atoms with Gasteiger partial charge in [-0.15, -0.1) is 0 Å². The van der Waals surface area contributed by atoms with Crippen LogP contribution in [0.5, 0.6) is 0 Å². The number of carbonyl (C=O) groups is 1. The first-order valence-electron chi connectivity index (χ1n) is 5.82. The van der Waals surface area contributed by atoms with Gasteiger partial charge in [-0.25, -0.2) is 0 Å². The van der Waals surface area contributed by atoms with E-state index in [1.165, 1.54) is 24.1 Å². The summed E-state index contributed by atoms with van der Waals surface area (Å²) < 4.78 is 42.3. The zero-order valence-electron chi connectivity index (χ0n) is 11.0. The molecule has 1 amide bonds. The van der Waals surface area contributed by atoms with Crippen molar-refractivity contribution >= 4 is 11.6 Å². The van der Waals surface area contributed by atoms with E-state index in [4.69, 9.17) is 4.74 Å². The van der Waals surface area contributed by atoms with E-state index in [1.807, 2.05) is 0 Å². The van der Waals surface area contributed by atoms with E-state index in [-0.39, 0.29) is 5.91 Å². The van der Waals surface area contributed by atoms with Crippen molar-refractivity contribution in [2.24, 2.45) is 0 Å². The van der Waals surface area contributed by atoms with Crippen LogP contribution < -0.4 is 4.90 Å². The summed E-state index contributed by atoms with van der Waals surface area (Å²) >= 11 is 0. The molecule has 0 aliphatic rings. The number of alkyl halides is 3. The SMILES string of the molecule is CCN(C(=O)[C@H](C)OC)c1ccc(C(F)(F)F)cc1. The fraction of sp³-hybridized carbons (Fsp3) is 0.462. The molecule has 0 unspecified atom stereocenters. The van der Waals surface area contributed by atoms with Crippen LogP contribution in [0.4, 0.5) is 18.9 Å². The second-order valence-electron chi connectivity index (χ2n) is 4.01. The lowest BCUT2D eigenvalue weighted by atomic mass is 10.2. The van der Waals surface area contributed by atoms with Gasteiger partial charge in [0.15, 0.2) is 0 Å². The lowest BCUT2D eigenvalue weighted by Crippen LogP contribution is -2.38. The van der Waals surface area contributed by atoms with Crippen LogP contribution >= 0.6 is 0 Å². The first-order valence-corrected chi connectivity index (χ1v) is 5.82. The molecule has 0 spiro atoms. The second-order valence-corrected chi connectivity index (χ2v) is 4.01. The Bertz CT molecular complexity index is 429. The van der Waals surface area contributed by atoms with Crippen molar-refractivity contribution in [2.75, 3.05) is 18.6 Å². The van der Waals surface area contributed by atoms with Crippen LogP contribution in [-0.2, 0) is 15.7 Å². The third-order valence-corrected chi connectivity index (χ3v) is 2.79. The number of likely N-dealkylation sites (N-methyl/N-ethyl adjacent to an activating group) is 1. The largest absolute Gasteiger partial charge is 0.416 e. The van der Waals surface area contributed by atoms with Gasteiger partial charge < -0.3 is 9.64 Å². The Labute approximate surface area is 110 Å². The number of nitrogens with zero attached hydrogens (tertiary/aromatic N) is 1. The summed E-state index contributed by atoms with van der Waals surface area (Å²) in [6.45, 7) is 3.70. The summed E-state index contributed by atoms with van der Waals surface area (Å²) in [5.74, 6) is -0.287. The standard InChI is InChI=1S/C13H16F3NO2/c1-4-17(12(18)9(2)19-3)11-7-5-10(6-8-11)13(14,15)16/h5-9H,4H2,1-3H3/t9-/m0/s1. The molecule has 0 fully saturated rings.